The molecule has 0 saturated heterocycles. The van der Waals surface area contributed by atoms with E-state index in [-0.39, 0.29) is 12.1 Å². The average molecular weight is 475 g/mol. The molecule has 0 aliphatic rings. The zero-order chi connectivity index (χ0) is 24.6. The number of hydrogen-bond donors (Lipinski definition) is 0. The summed E-state index contributed by atoms with van der Waals surface area (Å²) in [6.45, 7) is 0.625. The second-order valence-corrected chi connectivity index (χ2v) is 8.63. The van der Waals surface area contributed by atoms with E-state index in [4.69, 9.17) is 5.10 Å². The molecule has 0 atom stereocenters. The van der Waals surface area contributed by atoms with E-state index in [1.54, 1.807) is 18.6 Å². The number of hydrogen-bond acceptors (Lipinski definition) is 5. The molecule has 6 rings (SSSR count). The standard InChI is InChI=1S/C28H22N6O2/c1-32-27(35)24-25(20-12-15-29-16-13-20)34(17-21-9-6-8-19-7-2-3-11-23(19)21)31-26(24)33(28(32)36)18-22-10-4-5-14-30-22/h2-16H,17-18H2,1H3. The molecule has 0 spiro atoms. The summed E-state index contributed by atoms with van der Waals surface area (Å²) in [6.07, 6.45) is 5.05. The second kappa shape index (κ2) is 8.74. The van der Waals surface area contributed by atoms with Gasteiger partial charge in [-0.25, -0.2) is 4.79 Å². The predicted molar refractivity (Wildman–Crippen MR) is 139 cm³/mol. The third-order valence-electron chi connectivity index (χ3n) is 6.43. The highest BCUT2D eigenvalue weighted by molar-refractivity contribution is 5.91. The lowest BCUT2D eigenvalue weighted by Gasteiger charge is -2.10. The Morgan fingerprint density at radius 1 is 0.806 bits per heavy atom. The second-order valence-electron chi connectivity index (χ2n) is 8.63. The quantitative estimate of drug-likeness (QED) is 0.381. The Hall–Kier alpha value is -4.85. The van der Waals surface area contributed by atoms with Gasteiger partial charge in [-0.15, -0.1) is 0 Å². The van der Waals surface area contributed by atoms with Crippen molar-refractivity contribution in [3.63, 3.8) is 0 Å². The molecule has 6 aromatic rings. The van der Waals surface area contributed by atoms with Crippen molar-refractivity contribution in [1.82, 2.24) is 28.9 Å². The van der Waals surface area contributed by atoms with Crippen LogP contribution in [0.5, 0.6) is 0 Å². The minimum atomic E-state index is -0.436. The monoisotopic (exact) mass is 474 g/mol. The molecule has 0 amide bonds. The van der Waals surface area contributed by atoms with Crippen molar-refractivity contribution in [3.05, 3.63) is 123 Å². The molecule has 8 nitrogen and oxygen atoms in total. The summed E-state index contributed by atoms with van der Waals surface area (Å²) in [5.41, 5.74) is 2.72. The van der Waals surface area contributed by atoms with Gasteiger partial charge in [0.25, 0.3) is 5.56 Å². The molecule has 0 saturated carbocycles. The van der Waals surface area contributed by atoms with Crippen molar-refractivity contribution in [2.24, 2.45) is 7.05 Å². The SMILES string of the molecule is Cn1c(=O)c2c(-c3ccncc3)n(Cc3cccc4ccccc34)nc2n(Cc2ccccn2)c1=O. The van der Waals surface area contributed by atoms with E-state index in [0.29, 0.717) is 29.0 Å². The molecule has 0 aliphatic heterocycles. The number of fused-ring (bicyclic) bond motifs is 2. The number of nitrogens with zero attached hydrogens (tertiary/aromatic N) is 6. The Bertz CT molecular complexity index is 1830. The van der Waals surface area contributed by atoms with Gasteiger partial charge in [0.05, 0.1) is 24.5 Å². The Morgan fingerprint density at radius 2 is 1.58 bits per heavy atom. The van der Waals surface area contributed by atoms with Gasteiger partial charge in [-0.05, 0) is 40.6 Å². The van der Waals surface area contributed by atoms with Crippen molar-refractivity contribution in [2.45, 2.75) is 13.1 Å². The molecule has 176 valence electrons. The highest BCUT2D eigenvalue weighted by Gasteiger charge is 2.23. The van der Waals surface area contributed by atoms with Crippen LogP contribution >= 0.6 is 0 Å². The summed E-state index contributed by atoms with van der Waals surface area (Å²) < 4.78 is 4.47. The molecule has 0 radical (unpaired) electrons. The minimum absolute atomic E-state index is 0.200. The summed E-state index contributed by atoms with van der Waals surface area (Å²) in [6, 6.07) is 23.6. The third kappa shape index (κ3) is 3.60. The van der Waals surface area contributed by atoms with Gasteiger partial charge in [0.15, 0.2) is 5.65 Å². The summed E-state index contributed by atoms with van der Waals surface area (Å²) >= 11 is 0. The van der Waals surface area contributed by atoms with Gasteiger partial charge in [-0.1, -0.05) is 48.5 Å². The Morgan fingerprint density at radius 3 is 2.39 bits per heavy atom. The number of rotatable bonds is 5. The Balaban J connectivity index is 1.64. The largest absolute Gasteiger partial charge is 0.332 e. The fraction of sp³-hybridized carbons (Fsp3) is 0.107. The molecule has 8 heteroatoms. The van der Waals surface area contributed by atoms with Gasteiger partial charge in [-0.2, -0.15) is 5.10 Å². The van der Waals surface area contributed by atoms with E-state index in [2.05, 4.69) is 34.2 Å². The van der Waals surface area contributed by atoms with Crippen LogP contribution in [0.25, 0.3) is 33.1 Å². The molecule has 0 bridgehead atoms. The van der Waals surface area contributed by atoms with Crippen molar-refractivity contribution in [2.75, 3.05) is 0 Å². The van der Waals surface area contributed by atoms with Gasteiger partial charge < -0.3 is 0 Å². The fourth-order valence-corrected chi connectivity index (χ4v) is 4.67. The smallest absolute Gasteiger partial charge is 0.270 e. The van der Waals surface area contributed by atoms with Crippen LogP contribution in [-0.4, -0.2) is 28.9 Å². The molecular weight excluding hydrogens is 452 g/mol. The first-order chi connectivity index (χ1) is 17.6. The van der Waals surface area contributed by atoms with E-state index < -0.39 is 5.69 Å². The molecular formula is C28H22N6O2. The van der Waals surface area contributed by atoms with E-state index >= 15 is 0 Å². The van der Waals surface area contributed by atoms with Crippen LogP contribution in [0.3, 0.4) is 0 Å². The van der Waals surface area contributed by atoms with Crippen molar-refractivity contribution >= 4 is 21.8 Å². The van der Waals surface area contributed by atoms with E-state index in [1.165, 1.54) is 11.6 Å². The lowest BCUT2D eigenvalue weighted by molar-refractivity contribution is 0.646. The number of benzene rings is 2. The van der Waals surface area contributed by atoms with Crippen LogP contribution in [0.4, 0.5) is 0 Å². The molecule has 4 aromatic heterocycles. The zero-order valence-corrected chi connectivity index (χ0v) is 19.6. The van der Waals surface area contributed by atoms with Crippen molar-refractivity contribution in [3.8, 4) is 11.3 Å². The van der Waals surface area contributed by atoms with Gasteiger partial charge in [0.1, 0.15) is 5.39 Å². The van der Waals surface area contributed by atoms with Crippen LogP contribution in [0.1, 0.15) is 11.3 Å². The Kier molecular flexibility index (Phi) is 5.26. The fourth-order valence-electron chi connectivity index (χ4n) is 4.67. The lowest BCUT2D eigenvalue weighted by atomic mass is 10.0. The predicted octanol–water partition coefficient (Wildman–Crippen LogP) is 3.60. The summed E-state index contributed by atoms with van der Waals surface area (Å²) in [5, 5.41) is 7.49. The van der Waals surface area contributed by atoms with Crippen LogP contribution in [-0.2, 0) is 20.1 Å². The first-order valence-corrected chi connectivity index (χ1v) is 11.6. The maximum absolute atomic E-state index is 13.5. The highest BCUT2D eigenvalue weighted by atomic mass is 16.2. The van der Waals surface area contributed by atoms with Crippen molar-refractivity contribution < 1.29 is 0 Å². The van der Waals surface area contributed by atoms with Crippen LogP contribution < -0.4 is 11.2 Å². The minimum Gasteiger partial charge on any atom is -0.270 e. The molecule has 4 heterocycles. The van der Waals surface area contributed by atoms with E-state index in [0.717, 1.165) is 26.5 Å². The van der Waals surface area contributed by atoms with Gasteiger partial charge in [0.2, 0.25) is 0 Å². The molecule has 36 heavy (non-hydrogen) atoms. The van der Waals surface area contributed by atoms with Crippen LogP contribution in [0, 0.1) is 0 Å². The van der Waals surface area contributed by atoms with Gasteiger partial charge >= 0.3 is 5.69 Å². The topological polar surface area (TPSA) is 87.6 Å². The summed E-state index contributed by atoms with van der Waals surface area (Å²) in [4.78, 5) is 35.2. The Labute approximate surface area is 205 Å². The molecule has 2 aromatic carbocycles. The molecule has 0 N–H and O–H groups in total. The lowest BCUT2D eigenvalue weighted by Crippen LogP contribution is -2.38. The summed E-state index contributed by atoms with van der Waals surface area (Å²) in [5.74, 6) is 0. The zero-order valence-electron chi connectivity index (χ0n) is 19.6. The number of pyridine rings is 2. The first-order valence-electron chi connectivity index (χ1n) is 11.6. The van der Waals surface area contributed by atoms with E-state index in [1.807, 2.05) is 53.2 Å². The average Bonchev–Trinajstić information content (AvgIpc) is 3.30. The highest BCUT2D eigenvalue weighted by Crippen LogP contribution is 2.28. The van der Waals surface area contributed by atoms with Gasteiger partial charge in [0, 0.05) is 31.2 Å². The van der Waals surface area contributed by atoms with Crippen molar-refractivity contribution in [1.29, 1.82) is 0 Å². The summed E-state index contributed by atoms with van der Waals surface area (Å²) in [7, 11) is 1.50. The van der Waals surface area contributed by atoms with Gasteiger partial charge in [-0.3, -0.25) is 28.6 Å². The third-order valence-corrected chi connectivity index (χ3v) is 6.43. The molecule has 0 aliphatic carbocycles. The van der Waals surface area contributed by atoms with Crippen LogP contribution in [0.15, 0.2) is 101 Å². The maximum atomic E-state index is 13.5. The molecule has 0 unspecified atom stereocenters. The maximum Gasteiger partial charge on any atom is 0.332 e. The normalized spacial score (nSPS) is 11.4. The van der Waals surface area contributed by atoms with Crippen LogP contribution in [0.2, 0.25) is 0 Å². The first kappa shape index (κ1) is 21.7. The number of aromatic nitrogens is 6. The molecule has 0 fully saturated rings. The van der Waals surface area contributed by atoms with E-state index in [9.17, 15) is 9.59 Å².